The number of halogens is 1. The third kappa shape index (κ3) is 4.63. The van der Waals surface area contributed by atoms with Gasteiger partial charge in [-0.05, 0) is 25.5 Å². The van der Waals surface area contributed by atoms with Crippen LogP contribution < -0.4 is 4.74 Å². The number of rotatable bonds is 6. The van der Waals surface area contributed by atoms with Crippen molar-refractivity contribution in [3.63, 3.8) is 0 Å². The lowest BCUT2D eigenvalue weighted by Gasteiger charge is -2.31. The van der Waals surface area contributed by atoms with E-state index in [1.54, 1.807) is 25.4 Å². The topological polar surface area (TPSA) is 73.5 Å². The molecule has 0 unspecified atom stereocenters. The zero-order valence-corrected chi connectivity index (χ0v) is 13.7. The molecule has 23 heavy (non-hydrogen) atoms. The number of aromatic nitrogens is 3. The van der Waals surface area contributed by atoms with E-state index < -0.39 is 0 Å². The molecule has 3 heterocycles. The fourth-order valence-corrected chi connectivity index (χ4v) is 2.70. The van der Waals surface area contributed by atoms with E-state index in [-0.39, 0.29) is 6.10 Å². The molecule has 1 aliphatic rings. The standard InChI is InChI=1S/C15H19ClN4O3/c1-21-10-13-18-15(23-19-13)9-20-6-2-3-12(8-20)22-14-5-4-11(16)7-17-14/h4-5,7,12H,2-3,6,8-10H2,1H3/t12-/m1/s1. The fourth-order valence-electron chi connectivity index (χ4n) is 2.59. The Balaban J connectivity index is 1.54. The van der Waals surface area contributed by atoms with Crippen molar-refractivity contribution in [2.24, 2.45) is 0 Å². The minimum Gasteiger partial charge on any atom is -0.473 e. The van der Waals surface area contributed by atoms with Gasteiger partial charge in [0.15, 0.2) is 5.82 Å². The maximum absolute atomic E-state index is 5.92. The minimum absolute atomic E-state index is 0.0961. The van der Waals surface area contributed by atoms with Crippen molar-refractivity contribution in [2.45, 2.75) is 32.1 Å². The molecule has 0 radical (unpaired) electrons. The quantitative estimate of drug-likeness (QED) is 0.800. The summed E-state index contributed by atoms with van der Waals surface area (Å²) in [5, 5.41) is 4.48. The number of hydrogen-bond donors (Lipinski definition) is 0. The molecule has 124 valence electrons. The second kappa shape index (κ2) is 7.72. The number of pyridine rings is 1. The van der Waals surface area contributed by atoms with Gasteiger partial charge in [-0.1, -0.05) is 16.8 Å². The molecule has 7 nitrogen and oxygen atoms in total. The van der Waals surface area contributed by atoms with E-state index in [9.17, 15) is 0 Å². The highest BCUT2D eigenvalue weighted by atomic mass is 35.5. The first-order valence-corrected chi connectivity index (χ1v) is 7.91. The third-order valence-electron chi connectivity index (χ3n) is 3.59. The Morgan fingerprint density at radius 1 is 1.43 bits per heavy atom. The van der Waals surface area contributed by atoms with Crippen molar-refractivity contribution < 1.29 is 14.0 Å². The summed E-state index contributed by atoms with van der Waals surface area (Å²) in [7, 11) is 1.60. The maximum Gasteiger partial charge on any atom is 0.240 e. The van der Waals surface area contributed by atoms with Crippen molar-refractivity contribution in [1.29, 1.82) is 0 Å². The number of ether oxygens (including phenoxy) is 2. The molecule has 1 saturated heterocycles. The van der Waals surface area contributed by atoms with Crippen LogP contribution >= 0.6 is 11.6 Å². The molecule has 0 bridgehead atoms. The van der Waals surface area contributed by atoms with Crippen LogP contribution in [-0.2, 0) is 17.9 Å². The molecule has 2 aromatic rings. The van der Waals surface area contributed by atoms with Gasteiger partial charge in [-0.25, -0.2) is 4.98 Å². The highest BCUT2D eigenvalue weighted by molar-refractivity contribution is 6.30. The van der Waals surface area contributed by atoms with Crippen molar-refractivity contribution in [3.05, 3.63) is 35.1 Å². The molecule has 1 atom stereocenters. The van der Waals surface area contributed by atoms with E-state index in [1.165, 1.54) is 0 Å². The van der Waals surface area contributed by atoms with E-state index in [0.717, 1.165) is 25.9 Å². The van der Waals surface area contributed by atoms with Gasteiger partial charge in [-0.2, -0.15) is 4.98 Å². The van der Waals surface area contributed by atoms with Gasteiger partial charge >= 0.3 is 0 Å². The summed E-state index contributed by atoms with van der Waals surface area (Å²) in [5.41, 5.74) is 0. The van der Waals surface area contributed by atoms with Crippen LogP contribution in [0.1, 0.15) is 24.6 Å². The van der Waals surface area contributed by atoms with Crippen molar-refractivity contribution in [1.82, 2.24) is 20.0 Å². The van der Waals surface area contributed by atoms with Crippen molar-refractivity contribution in [3.8, 4) is 5.88 Å². The normalized spacial score (nSPS) is 19.0. The van der Waals surface area contributed by atoms with Crippen LogP contribution in [0.15, 0.2) is 22.9 Å². The number of hydrogen-bond acceptors (Lipinski definition) is 7. The predicted octanol–water partition coefficient (Wildman–Crippen LogP) is 2.31. The van der Waals surface area contributed by atoms with Crippen LogP contribution in [0.5, 0.6) is 5.88 Å². The molecular weight excluding hydrogens is 320 g/mol. The molecule has 1 aliphatic heterocycles. The first kappa shape index (κ1) is 16.2. The average molecular weight is 339 g/mol. The lowest BCUT2D eigenvalue weighted by molar-refractivity contribution is 0.0746. The minimum atomic E-state index is 0.0961. The molecule has 1 fully saturated rings. The number of likely N-dealkylation sites (tertiary alicyclic amines) is 1. The highest BCUT2D eigenvalue weighted by Crippen LogP contribution is 2.19. The molecule has 2 aromatic heterocycles. The van der Waals surface area contributed by atoms with E-state index in [1.807, 2.05) is 0 Å². The van der Waals surface area contributed by atoms with Crippen LogP contribution in [0.2, 0.25) is 5.02 Å². The van der Waals surface area contributed by atoms with Crippen molar-refractivity contribution in [2.75, 3.05) is 20.2 Å². The Kier molecular flexibility index (Phi) is 5.43. The summed E-state index contributed by atoms with van der Waals surface area (Å²) >= 11 is 5.83. The first-order chi connectivity index (χ1) is 11.2. The lowest BCUT2D eigenvalue weighted by atomic mass is 10.1. The van der Waals surface area contributed by atoms with Crippen LogP contribution in [-0.4, -0.2) is 46.3 Å². The van der Waals surface area contributed by atoms with Crippen LogP contribution in [0.4, 0.5) is 0 Å². The van der Waals surface area contributed by atoms with E-state index in [2.05, 4.69) is 20.0 Å². The summed E-state index contributed by atoms with van der Waals surface area (Å²) in [4.78, 5) is 10.7. The summed E-state index contributed by atoms with van der Waals surface area (Å²) in [5.74, 6) is 1.77. The molecule has 3 rings (SSSR count). The Morgan fingerprint density at radius 3 is 3.13 bits per heavy atom. The Morgan fingerprint density at radius 2 is 2.35 bits per heavy atom. The molecule has 0 saturated carbocycles. The zero-order chi connectivity index (χ0) is 16.1. The van der Waals surface area contributed by atoms with Crippen molar-refractivity contribution >= 4 is 11.6 Å². The summed E-state index contributed by atoms with van der Waals surface area (Å²) in [6.45, 7) is 2.75. The summed E-state index contributed by atoms with van der Waals surface area (Å²) in [6, 6.07) is 3.57. The molecule has 0 aromatic carbocycles. The predicted molar refractivity (Wildman–Crippen MR) is 83.2 cm³/mol. The Hall–Kier alpha value is -1.70. The third-order valence-corrected chi connectivity index (χ3v) is 3.82. The summed E-state index contributed by atoms with van der Waals surface area (Å²) < 4.78 is 16.1. The summed E-state index contributed by atoms with van der Waals surface area (Å²) in [6.07, 6.45) is 3.74. The van der Waals surface area contributed by atoms with Gasteiger partial charge in [-0.3, -0.25) is 4.90 Å². The second-order valence-corrected chi connectivity index (χ2v) is 5.91. The van der Waals surface area contributed by atoms with E-state index in [0.29, 0.717) is 35.8 Å². The molecule has 0 N–H and O–H groups in total. The number of methoxy groups -OCH3 is 1. The largest absolute Gasteiger partial charge is 0.473 e. The lowest BCUT2D eigenvalue weighted by Crippen LogP contribution is -2.40. The zero-order valence-electron chi connectivity index (χ0n) is 12.9. The van der Waals surface area contributed by atoms with Gasteiger partial charge in [0.2, 0.25) is 11.8 Å². The second-order valence-electron chi connectivity index (χ2n) is 5.47. The van der Waals surface area contributed by atoms with E-state index in [4.69, 9.17) is 25.6 Å². The molecule has 0 amide bonds. The maximum atomic E-state index is 5.92. The molecule has 0 aliphatic carbocycles. The van der Waals surface area contributed by atoms with Gasteiger partial charge < -0.3 is 14.0 Å². The molecule has 8 heteroatoms. The van der Waals surface area contributed by atoms with Crippen LogP contribution in [0.25, 0.3) is 0 Å². The van der Waals surface area contributed by atoms with Crippen LogP contribution in [0, 0.1) is 0 Å². The van der Waals surface area contributed by atoms with Crippen LogP contribution in [0.3, 0.4) is 0 Å². The highest BCUT2D eigenvalue weighted by Gasteiger charge is 2.23. The Labute approximate surface area is 139 Å². The fraction of sp³-hybridized carbons (Fsp3) is 0.533. The van der Waals surface area contributed by atoms with Gasteiger partial charge in [0, 0.05) is 25.9 Å². The number of nitrogens with zero attached hydrogens (tertiary/aromatic N) is 4. The van der Waals surface area contributed by atoms with Gasteiger partial charge in [-0.15, -0.1) is 0 Å². The van der Waals surface area contributed by atoms with Gasteiger partial charge in [0.05, 0.1) is 11.6 Å². The first-order valence-electron chi connectivity index (χ1n) is 7.54. The smallest absolute Gasteiger partial charge is 0.240 e. The monoisotopic (exact) mass is 338 g/mol. The average Bonchev–Trinajstić information content (AvgIpc) is 2.98. The molecule has 0 spiro atoms. The molecular formula is C15H19ClN4O3. The SMILES string of the molecule is COCc1noc(CN2CCC[C@@H](Oc3ccc(Cl)cn3)C2)n1. The Bertz CT molecular complexity index is 619. The number of piperidine rings is 1. The van der Waals surface area contributed by atoms with Gasteiger partial charge in [0.1, 0.15) is 12.7 Å². The van der Waals surface area contributed by atoms with Gasteiger partial charge in [0.25, 0.3) is 0 Å². The van der Waals surface area contributed by atoms with E-state index >= 15 is 0 Å².